The number of hydrogen-bond acceptors (Lipinski definition) is 4. The lowest BCUT2D eigenvalue weighted by Gasteiger charge is -2.35. The van der Waals surface area contributed by atoms with E-state index in [4.69, 9.17) is 0 Å². The van der Waals surface area contributed by atoms with E-state index < -0.39 is 10.0 Å². The van der Waals surface area contributed by atoms with Gasteiger partial charge in [0.15, 0.2) is 0 Å². The molecule has 2 rings (SSSR count). The van der Waals surface area contributed by atoms with Crippen molar-refractivity contribution in [1.82, 2.24) is 14.9 Å². The molecule has 1 aromatic carbocycles. The van der Waals surface area contributed by atoms with Crippen LogP contribution < -0.4 is 10.0 Å². The molecule has 0 radical (unpaired) electrons. The minimum absolute atomic E-state index is 0.0304. The van der Waals surface area contributed by atoms with Crippen molar-refractivity contribution in [1.29, 1.82) is 0 Å². The van der Waals surface area contributed by atoms with Crippen LogP contribution in [0.15, 0.2) is 35.2 Å². The van der Waals surface area contributed by atoms with Crippen LogP contribution in [0.3, 0.4) is 0 Å². The number of amides is 1. The van der Waals surface area contributed by atoms with E-state index in [1.54, 1.807) is 18.2 Å². The SMILES string of the molecule is CNS(=O)(=O)c1ccc(/C=C/C(=O)N2CC(C)NC(C)C2)cc1. The van der Waals surface area contributed by atoms with Gasteiger partial charge in [0.2, 0.25) is 15.9 Å². The van der Waals surface area contributed by atoms with Gasteiger partial charge in [-0.15, -0.1) is 0 Å². The van der Waals surface area contributed by atoms with Crippen LogP contribution in [0.5, 0.6) is 0 Å². The predicted molar refractivity (Wildman–Crippen MR) is 90.4 cm³/mol. The molecule has 126 valence electrons. The molecule has 1 aromatic rings. The van der Waals surface area contributed by atoms with E-state index in [9.17, 15) is 13.2 Å². The van der Waals surface area contributed by atoms with Gasteiger partial charge in [-0.25, -0.2) is 13.1 Å². The Bertz CT molecular complexity index is 673. The van der Waals surface area contributed by atoms with Gasteiger partial charge in [-0.1, -0.05) is 12.1 Å². The van der Waals surface area contributed by atoms with Crippen molar-refractivity contribution in [2.45, 2.75) is 30.8 Å². The van der Waals surface area contributed by atoms with Gasteiger partial charge in [-0.05, 0) is 44.7 Å². The largest absolute Gasteiger partial charge is 0.336 e. The average Bonchev–Trinajstić information content (AvgIpc) is 2.52. The highest BCUT2D eigenvalue weighted by Crippen LogP contribution is 2.12. The number of sulfonamides is 1. The third-order valence-electron chi connectivity index (χ3n) is 3.75. The molecule has 1 heterocycles. The lowest BCUT2D eigenvalue weighted by atomic mass is 10.1. The third-order valence-corrected chi connectivity index (χ3v) is 5.18. The first-order valence-electron chi connectivity index (χ1n) is 7.58. The minimum atomic E-state index is -3.43. The molecule has 0 saturated carbocycles. The molecule has 2 N–H and O–H groups in total. The molecule has 7 heteroatoms. The number of rotatable bonds is 4. The Morgan fingerprint density at radius 1 is 1.22 bits per heavy atom. The Hall–Kier alpha value is -1.70. The highest BCUT2D eigenvalue weighted by atomic mass is 32.2. The Kier molecular flexibility index (Phi) is 5.56. The van der Waals surface area contributed by atoms with Crippen LogP contribution in [0.4, 0.5) is 0 Å². The smallest absolute Gasteiger partial charge is 0.246 e. The van der Waals surface area contributed by atoms with Crippen molar-refractivity contribution >= 4 is 22.0 Å². The van der Waals surface area contributed by atoms with Crippen molar-refractivity contribution < 1.29 is 13.2 Å². The van der Waals surface area contributed by atoms with Gasteiger partial charge < -0.3 is 10.2 Å². The molecule has 0 spiro atoms. The van der Waals surface area contributed by atoms with E-state index in [2.05, 4.69) is 23.9 Å². The maximum absolute atomic E-state index is 12.2. The molecule has 1 saturated heterocycles. The Morgan fingerprint density at radius 2 is 1.78 bits per heavy atom. The summed E-state index contributed by atoms with van der Waals surface area (Å²) in [6, 6.07) is 6.95. The first kappa shape index (κ1) is 17.7. The fraction of sp³-hybridized carbons (Fsp3) is 0.438. The number of carbonyl (C=O) groups excluding carboxylic acids is 1. The lowest BCUT2D eigenvalue weighted by Crippen LogP contribution is -2.55. The second-order valence-corrected chi connectivity index (χ2v) is 7.71. The van der Waals surface area contributed by atoms with Crippen LogP contribution >= 0.6 is 0 Å². The molecule has 0 bridgehead atoms. The molecule has 23 heavy (non-hydrogen) atoms. The van der Waals surface area contributed by atoms with E-state index in [1.807, 2.05) is 4.90 Å². The molecular formula is C16H23N3O3S. The van der Waals surface area contributed by atoms with Gasteiger partial charge in [-0.3, -0.25) is 4.79 Å². The van der Waals surface area contributed by atoms with Crippen molar-refractivity contribution in [3.63, 3.8) is 0 Å². The van der Waals surface area contributed by atoms with E-state index in [1.165, 1.54) is 25.3 Å². The maximum atomic E-state index is 12.2. The van der Waals surface area contributed by atoms with Crippen molar-refractivity contribution in [2.24, 2.45) is 0 Å². The van der Waals surface area contributed by atoms with Gasteiger partial charge in [0, 0.05) is 31.2 Å². The Balaban J connectivity index is 2.04. The van der Waals surface area contributed by atoms with Crippen LogP contribution in [0.25, 0.3) is 6.08 Å². The lowest BCUT2D eigenvalue weighted by molar-refractivity contribution is -0.127. The van der Waals surface area contributed by atoms with Gasteiger partial charge in [-0.2, -0.15) is 0 Å². The van der Waals surface area contributed by atoms with E-state index in [0.717, 1.165) is 5.56 Å². The minimum Gasteiger partial charge on any atom is -0.336 e. The Morgan fingerprint density at radius 3 is 2.30 bits per heavy atom. The third kappa shape index (κ3) is 4.63. The van der Waals surface area contributed by atoms with Crippen LogP contribution in [0.1, 0.15) is 19.4 Å². The summed E-state index contributed by atoms with van der Waals surface area (Å²) in [5, 5.41) is 3.38. The second kappa shape index (κ2) is 7.25. The van der Waals surface area contributed by atoms with Crippen molar-refractivity contribution in [3.05, 3.63) is 35.9 Å². The van der Waals surface area contributed by atoms with Crippen LogP contribution in [0, 0.1) is 0 Å². The fourth-order valence-corrected chi connectivity index (χ4v) is 3.39. The van der Waals surface area contributed by atoms with E-state index >= 15 is 0 Å². The number of carbonyl (C=O) groups is 1. The first-order valence-corrected chi connectivity index (χ1v) is 9.07. The highest BCUT2D eigenvalue weighted by molar-refractivity contribution is 7.89. The van der Waals surface area contributed by atoms with Gasteiger partial charge in [0.05, 0.1) is 4.90 Å². The number of nitrogens with one attached hydrogen (secondary N) is 2. The molecule has 0 aliphatic carbocycles. The average molecular weight is 337 g/mol. The molecule has 1 amide bonds. The van der Waals surface area contributed by atoms with E-state index in [-0.39, 0.29) is 22.9 Å². The number of nitrogens with zero attached hydrogens (tertiary/aromatic N) is 1. The molecule has 1 aliphatic heterocycles. The summed E-state index contributed by atoms with van der Waals surface area (Å²) in [5.74, 6) is -0.0304. The fourth-order valence-electron chi connectivity index (χ4n) is 2.66. The first-order chi connectivity index (χ1) is 10.8. The molecule has 1 aliphatic rings. The predicted octanol–water partition coefficient (Wildman–Crippen LogP) is 0.817. The summed E-state index contributed by atoms with van der Waals surface area (Å²) in [7, 11) is -2.06. The topological polar surface area (TPSA) is 78.5 Å². The molecule has 2 unspecified atom stereocenters. The summed E-state index contributed by atoms with van der Waals surface area (Å²) in [6.07, 6.45) is 3.24. The van der Waals surface area contributed by atoms with Gasteiger partial charge in [0.1, 0.15) is 0 Å². The van der Waals surface area contributed by atoms with Gasteiger partial charge in [0.25, 0.3) is 0 Å². The Labute approximate surface area is 137 Å². The standard InChI is InChI=1S/C16H23N3O3S/c1-12-10-19(11-13(2)18-12)16(20)9-6-14-4-7-15(8-5-14)23(21,22)17-3/h4-9,12-13,17-18H,10-11H2,1-3H3/b9-6+. The number of piperazine rings is 1. The zero-order valence-corrected chi connectivity index (χ0v) is 14.4. The summed E-state index contributed by atoms with van der Waals surface area (Å²) in [6.45, 7) is 5.49. The van der Waals surface area contributed by atoms with Crippen molar-refractivity contribution in [3.8, 4) is 0 Å². The summed E-state index contributed by atoms with van der Waals surface area (Å²) in [4.78, 5) is 14.3. The zero-order chi connectivity index (χ0) is 17.0. The molecular weight excluding hydrogens is 314 g/mol. The second-order valence-electron chi connectivity index (χ2n) is 5.82. The van der Waals surface area contributed by atoms with Crippen LogP contribution in [-0.2, 0) is 14.8 Å². The number of benzene rings is 1. The molecule has 0 aromatic heterocycles. The normalized spacial score (nSPS) is 22.5. The number of hydrogen-bond donors (Lipinski definition) is 2. The quantitative estimate of drug-likeness (QED) is 0.797. The molecule has 2 atom stereocenters. The highest BCUT2D eigenvalue weighted by Gasteiger charge is 2.23. The summed E-state index contributed by atoms with van der Waals surface area (Å²) < 4.78 is 25.6. The van der Waals surface area contributed by atoms with E-state index in [0.29, 0.717) is 13.1 Å². The van der Waals surface area contributed by atoms with Crippen LogP contribution in [-0.4, -0.2) is 51.4 Å². The van der Waals surface area contributed by atoms with Crippen LogP contribution in [0.2, 0.25) is 0 Å². The maximum Gasteiger partial charge on any atom is 0.246 e. The summed E-state index contributed by atoms with van der Waals surface area (Å²) >= 11 is 0. The summed E-state index contributed by atoms with van der Waals surface area (Å²) in [5.41, 5.74) is 0.782. The molecule has 1 fully saturated rings. The zero-order valence-electron chi connectivity index (χ0n) is 13.6. The van der Waals surface area contributed by atoms with Gasteiger partial charge >= 0.3 is 0 Å². The van der Waals surface area contributed by atoms with Crippen molar-refractivity contribution in [2.75, 3.05) is 20.1 Å². The molecule has 6 nitrogen and oxygen atoms in total. The monoisotopic (exact) mass is 337 g/mol.